The van der Waals surface area contributed by atoms with Crippen LogP contribution in [0.5, 0.6) is 0 Å². The van der Waals surface area contributed by atoms with Crippen molar-refractivity contribution in [3.63, 3.8) is 0 Å². The van der Waals surface area contributed by atoms with Gasteiger partial charge in [0.05, 0.1) is 11.7 Å². The summed E-state index contributed by atoms with van der Waals surface area (Å²) < 4.78 is 2.36. The van der Waals surface area contributed by atoms with Gasteiger partial charge in [0, 0.05) is 25.0 Å². The summed E-state index contributed by atoms with van der Waals surface area (Å²) in [5.41, 5.74) is 2.20. The first-order valence-corrected chi connectivity index (χ1v) is 8.27. The topological polar surface area (TPSA) is 30.7 Å². The molecule has 2 heterocycles. The fourth-order valence-electron chi connectivity index (χ4n) is 3.34. The quantitative estimate of drug-likeness (QED) is 0.774. The van der Waals surface area contributed by atoms with Gasteiger partial charge in [-0.1, -0.05) is 32.1 Å². The van der Waals surface area contributed by atoms with Gasteiger partial charge in [-0.2, -0.15) is 0 Å². The lowest BCUT2D eigenvalue weighted by Gasteiger charge is -2.22. The molecule has 0 aromatic carbocycles. The van der Waals surface area contributed by atoms with Gasteiger partial charge in [0.1, 0.15) is 11.3 Å². The zero-order valence-electron chi connectivity index (χ0n) is 11.9. The molecule has 0 saturated heterocycles. The van der Waals surface area contributed by atoms with Crippen LogP contribution in [0.3, 0.4) is 0 Å². The molecule has 1 aliphatic rings. The van der Waals surface area contributed by atoms with E-state index in [1.807, 2.05) is 12.4 Å². The van der Waals surface area contributed by atoms with E-state index in [1.54, 1.807) is 0 Å². The fourth-order valence-corrected chi connectivity index (χ4v) is 3.51. The maximum atomic E-state index is 5.92. The first kappa shape index (κ1) is 13.9. The monoisotopic (exact) mass is 291 g/mol. The summed E-state index contributed by atoms with van der Waals surface area (Å²) in [6.07, 6.45) is 12.9. The molecule has 0 spiro atoms. The molecule has 1 aliphatic carbocycles. The van der Waals surface area contributed by atoms with Gasteiger partial charge in [-0.25, -0.2) is 4.98 Å². The zero-order valence-corrected chi connectivity index (χ0v) is 12.6. The average molecular weight is 292 g/mol. The molecule has 0 bridgehead atoms. The second-order valence-corrected chi connectivity index (χ2v) is 6.15. The minimum absolute atomic E-state index is 0.625. The molecule has 20 heavy (non-hydrogen) atoms. The highest BCUT2D eigenvalue weighted by Gasteiger charge is 2.15. The number of hydrogen-bond acceptors (Lipinski definition) is 2. The third-order valence-corrected chi connectivity index (χ3v) is 4.62. The van der Waals surface area contributed by atoms with Crippen LogP contribution in [0.25, 0.3) is 11.0 Å². The fraction of sp³-hybridized carbons (Fsp3) is 0.625. The van der Waals surface area contributed by atoms with Crippen molar-refractivity contribution in [1.82, 2.24) is 14.5 Å². The van der Waals surface area contributed by atoms with Crippen molar-refractivity contribution < 1.29 is 0 Å². The number of pyridine rings is 1. The maximum absolute atomic E-state index is 5.92. The van der Waals surface area contributed by atoms with Crippen molar-refractivity contribution in [1.29, 1.82) is 0 Å². The largest absolute Gasteiger partial charge is 0.328 e. The highest BCUT2D eigenvalue weighted by atomic mass is 35.5. The Kier molecular flexibility index (Phi) is 4.56. The highest BCUT2D eigenvalue weighted by Crippen LogP contribution is 2.27. The van der Waals surface area contributed by atoms with Gasteiger partial charge in [0.15, 0.2) is 0 Å². The predicted octanol–water partition coefficient (Wildman–Crippen LogP) is 4.18. The minimum Gasteiger partial charge on any atom is -0.328 e. The third-order valence-electron chi connectivity index (χ3n) is 4.43. The summed E-state index contributed by atoms with van der Waals surface area (Å²) in [5, 5.41) is 0. The van der Waals surface area contributed by atoms with Gasteiger partial charge in [-0.05, 0) is 18.4 Å². The Bertz CT molecular complexity index is 558. The van der Waals surface area contributed by atoms with Gasteiger partial charge in [-0.3, -0.25) is 4.98 Å². The first-order valence-electron chi connectivity index (χ1n) is 7.73. The first-order chi connectivity index (χ1) is 9.88. The van der Waals surface area contributed by atoms with E-state index in [1.165, 1.54) is 44.0 Å². The molecule has 1 fully saturated rings. The molecule has 0 unspecified atom stereocenters. The van der Waals surface area contributed by atoms with E-state index in [2.05, 4.69) is 20.6 Å². The second-order valence-electron chi connectivity index (χ2n) is 5.78. The Morgan fingerprint density at radius 3 is 2.90 bits per heavy atom. The van der Waals surface area contributed by atoms with Crippen LogP contribution in [0.4, 0.5) is 0 Å². The standard InChI is InChI=1S/C16H22ClN3/c17-9-6-16-19-14-12-18-10-7-15(14)20(16)11-8-13-4-2-1-3-5-13/h7,10,12-13H,1-6,8-9,11H2. The predicted molar refractivity (Wildman–Crippen MR) is 83.1 cm³/mol. The van der Waals surface area contributed by atoms with Crippen LogP contribution in [-0.2, 0) is 13.0 Å². The molecular formula is C16H22ClN3. The molecule has 0 N–H and O–H groups in total. The van der Waals surface area contributed by atoms with Crippen molar-refractivity contribution >= 4 is 22.6 Å². The van der Waals surface area contributed by atoms with Crippen LogP contribution in [0.1, 0.15) is 44.3 Å². The summed E-state index contributed by atoms with van der Waals surface area (Å²) in [6.45, 7) is 1.07. The number of hydrogen-bond donors (Lipinski definition) is 0. The molecule has 108 valence electrons. The van der Waals surface area contributed by atoms with E-state index in [4.69, 9.17) is 11.6 Å². The number of aryl methyl sites for hydroxylation is 2. The Balaban J connectivity index is 1.79. The number of halogens is 1. The van der Waals surface area contributed by atoms with Crippen molar-refractivity contribution in [2.24, 2.45) is 5.92 Å². The van der Waals surface area contributed by atoms with E-state index in [0.29, 0.717) is 5.88 Å². The van der Waals surface area contributed by atoms with Crippen LogP contribution in [0, 0.1) is 5.92 Å². The van der Waals surface area contributed by atoms with Crippen LogP contribution in [0.2, 0.25) is 0 Å². The van der Waals surface area contributed by atoms with Crippen LogP contribution >= 0.6 is 11.6 Å². The van der Waals surface area contributed by atoms with Crippen molar-refractivity contribution in [2.75, 3.05) is 5.88 Å². The van der Waals surface area contributed by atoms with Gasteiger partial charge >= 0.3 is 0 Å². The molecular weight excluding hydrogens is 270 g/mol. The lowest BCUT2D eigenvalue weighted by atomic mass is 9.87. The Morgan fingerprint density at radius 1 is 1.25 bits per heavy atom. The molecule has 0 radical (unpaired) electrons. The number of alkyl halides is 1. The molecule has 3 rings (SSSR count). The van der Waals surface area contributed by atoms with Gasteiger partial charge < -0.3 is 4.57 Å². The van der Waals surface area contributed by atoms with E-state index in [9.17, 15) is 0 Å². The van der Waals surface area contributed by atoms with Gasteiger partial charge in [-0.15, -0.1) is 11.6 Å². The Labute approximate surface area is 125 Å². The van der Waals surface area contributed by atoms with Gasteiger partial charge in [0.25, 0.3) is 0 Å². The van der Waals surface area contributed by atoms with Crippen LogP contribution < -0.4 is 0 Å². The zero-order chi connectivity index (χ0) is 13.8. The number of imidazole rings is 1. The molecule has 0 atom stereocenters. The Morgan fingerprint density at radius 2 is 2.10 bits per heavy atom. The summed E-state index contributed by atoms with van der Waals surface area (Å²) in [6, 6.07) is 2.07. The average Bonchev–Trinajstić information content (AvgIpc) is 2.84. The summed E-state index contributed by atoms with van der Waals surface area (Å²) in [5.74, 6) is 2.63. The van der Waals surface area contributed by atoms with Gasteiger partial charge in [0.2, 0.25) is 0 Å². The Hall–Kier alpha value is -1.09. The van der Waals surface area contributed by atoms with E-state index >= 15 is 0 Å². The van der Waals surface area contributed by atoms with Crippen LogP contribution in [-0.4, -0.2) is 20.4 Å². The van der Waals surface area contributed by atoms with Crippen LogP contribution in [0.15, 0.2) is 18.5 Å². The number of rotatable bonds is 5. The van der Waals surface area contributed by atoms with Crippen molar-refractivity contribution in [3.05, 3.63) is 24.3 Å². The van der Waals surface area contributed by atoms with E-state index in [0.717, 1.165) is 30.2 Å². The number of fused-ring (bicyclic) bond motifs is 1. The molecule has 2 aromatic heterocycles. The summed E-state index contributed by atoms with van der Waals surface area (Å²) in [7, 11) is 0. The summed E-state index contributed by atoms with van der Waals surface area (Å²) in [4.78, 5) is 8.85. The molecule has 0 aliphatic heterocycles. The molecule has 2 aromatic rings. The second kappa shape index (κ2) is 6.57. The van der Waals surface area contributed by atoms with E-state index in [-0.39, 0.29) is 0 Å². The third kappa shape index (κ3) is 2.98. The summed E-state index contributed by atoms with van der Waals surface area (Å²) >= 11 is 5.92. The molecule has 4 heteroatoms. The maximum Gasteiger partial charge on any atom is 0.111 e. The molecule has 0 amide bonds. The molecule has 3 nitrogen and oxygen atoms in total. The lowest BCUT2D eigenvalue weighted by molar-refractivity contribution is 0.324. The normalized spacial score (nSPS) is 16.9. The minimum atomic E-state index is 0.625. The number of nitrogens with zero attached hydrogens (tertiary/aromatic N) is 3. The smallest absolute Gasteiger partial charge is 0.111 e. The highest BCUT2D eigenvalue weighted by molar-refractivity contribution is 6.17. The van der Waals surface area contributed by atoms with Crippen molar-refractivity contribution in [2.45, 2.75) is 51.5 Å². The van der Waals surface area contributed by atoms with E-state index < -0.39 is 0 Å². The van der Waals surface area contributed by atoms with Crippen molar-refractivity contribution in [3.8, 4) is 0 Å². The SMILES string of the molecule is ClCCc1nc2cnccc2n1CCC1CCCCC1. The number of aromatic nitrogens is 3. The molecule has 1 saturated carbocycles. The lowest BCUT2D eigenvalue weighted by Crippen LogP contribution is -2.12.